The Kier molecular flexibility index (Phi) is 4.26. The zero-order valence-corrected chi connectivity index (χ0v) is 9.56. The zero-order valence-electron chi connectivity index (χ0n) is 7.77. The van der Waals surface area contributed by atoms with E-state index in [0.29, 0.717) is 0 Å². The number of hydrogen-bond donors (Lipinski definition) is 5. The van der Waals surface area contributed by atoms with Crippen LogP contribution < -0.4 is 0 Å². The van der Waals surface area contributed by atoms with Gasteiger partial charge < -0.3 is 24.7 Å². The molecule has 0 aliphatic heterocycles. The summed E-state index contributed by atoms with van der Waals surface area (Å²) < 4.78 is 21.3. The van der Waals surface area contributed by atoms with Crippen LogP contribution in [0.1, 0.15) is 13.3 Å². The zero-order chi connectivity index (χ0) is 12.5. The standard InChI is InChI=1S/C5H12O8P2/c1-5(4(6)7,15(11,12)13)2-3-14(8,9)10/h2-3H2,1H3,(H,6,7)(H2,8,9,10)(H2,11,12,13). The molecule has 10 heteroatoms. The first-order valence-corrected chi connectivity index (χ1v) is 7.15. The smallest absolute Gasteiger partial charge is 0.342 e. The third-order valence-corrected chi connectivity index (χ3v) is 4.50. The molecule has 0 aromatic rings. The molecule has 90 valence electrons. The van der Waals surface area contributed by atoms with Gasteiger partial charge in [-0.15, -0.1) is 0 Å². The maximum Gasteiger partial charge on any atom is 0.342 e. The SMILES string of the molecule is CC(CCP(=O)(O)O)(C(=O)O)P(=O)(O)O. The quantitative estimate of drug-likeness (QED) is 0.418. The van der Waals surface area contributed by atoms with Crippen LogP contribution in [-0.4, -0.2) is 42.0 Å². The summed E-state index contributed by atoms with van der Waals surface area (Å²) in [7, 11) is -9.45. The molecule has 0 rings (SSSR count). The molecule has 0 aliphatic rings. The van der Waals surface area contributed by atoms with E-state index in [1.165, 1.54) is 0 Å². The van der Waals surface area contributed by atoms with E-state index in [1.54, 1.807) is 0 Å². The fourth-order valence-corrected chi connectivity index (χ4v) is 2.31. The van der Waals surface area contributed by atoms with E-state index in [9.17, 15) is 13.9 Å². The van der Waals surface area contributed by atoms with Gasteiger partial charge in [-0.1, -0.05) is 0 Å². The Morgan fingerprint density at radius 1 is 1.20 bits per heavy atom. The van der Waals surface area contributed by atoms with Crippen molar-refractivity contribution in [3.05, 3.63) is 0 Å². The van der Waals surface area contributed by atoms with Crippen molar-refractivity contribution in [2.75, 3.05) is 6.16 Å². The summed E-state index contributed by atoms with van der Waals surface area (Å²) in [5.74, 6) is -1.79. The summed E-state index contributed by atoms with van der Waals surface area (Å²) >= 11 is 0. The molecule has 0 saturated heterocycles. The molecule has 0 spiro atoms. The topological polar surface area (TPSA) is 152 Å². The van der Waals surface area contributed by atoms with Gasteiger partial charge in [0.2, 0.25) is 0 Å². The van der Waals surface area contributed by atoms with Crippen LogP contribution in [-0.2, 0) is 13.9 Å². The van der Waals surface area contributed by atoms with Gasteiger partial charge in [0.15, 0.2) is 5.16 Å². The lowest BCUT2D eigenvalue weighted by atomic mass is 10.1. The first kappa shape index (κ1) is 14.8. The van der Waals surface area contributed by atoms with Gasteiger partial charge in [0.05, 0.1) is 6.16 Å². The predicted molar refractivity (Wildman–Crippen MR) is 49.6 cm³/mol. The Morgan fingerprint density at radius 2 is 1.60 bits per heavy atom. The van der Waals surface area contributed by atoms with Crippen molar-refractivity contribution < 1.29 is 38.6 Å². The molecule has 1 atom stereocenters. The summed E-state index contributed by atoms with van der Waals surface area (Å²) in [5.41, 5.74) is 0. The second-order valence-electron chi connectivity index (χ2n) is 3.26. The summed E-state index contributed by atoms with van der Waals surface area (Å²) in [6.07, 6.45) is -1.68. The molecule has 0 aliphatic carbocycles. The second kappa shape index (κ2) is 4.33. The minimum absolute atomic E-state index is 0.756. The average molecular weight is 262 g/mol. The highest BCUT2D eigenvalue weighted by Gasteiger charge is 2.50. The molecule has 8 nitrogen and oxygen atoms in total. The summed E-state index contributed by atoms with van der Waals surface area (Å²) in [6.45, 7) is 0.756. The van der Waals surface area contributed by atoms with E-state index in [-0.39, 0.29) is 0 Å². The molecular formula is C5H12O8P2. The van der Waals surface area contributed by atoms with Gasteiger partial charge in [0.25, 0.3) is 0 Å². The van der Waals surface area contributed by atoms with Gasteiger partial charge in [-0.2, -0.15) is 0 Å². The Morgan fingerprint density at radius 3 is 1.80 bits per heavy atom. The monoisotopic (exact) mass is 262 g/mol. The molecule has 0 amide bonds. The average Bonchev–Trinajstić information content (AvgIpc) is 1.95. The fraction of sp³-hybridized carbons (Fsp3) is 0.800. The molecule has 5 N–H and O–H groups in total. The highest BCUT2D eigenvalue weighted by atomic mass is 31.2. The molecule has 0 aromatic carbocycles. The lowest BCUT2D eigenvalue weighted by Crippen LogP contribution is -2.36. The predicted octanol–water partition coefficient (Wildman–Crippen LogP) is -0.425. The molecule has 0 aromatic heterocycles. The van der Waals surface area contributed by atoms with Crippen LogP contribution in [0.5, 0.6) is 0 Å². The van der Waals surface area contributed by atoms with Crippen LogP contribution in [0.4, 0.5) is 0 Å². The van der Waals surface area contributed by atoms with Crippen molar-refractivity contribution in [2.24, 2.45) is 0 Å². The van der Waals surface area contributed by atoms with E-state index in [4.69, 9.17) is 24.7 Å². The Bertz CT molecular complexity index is 339. The first-order chi connectivity index (χ1) is 6.40. The van der Waals surface area contributed by atoms with E-state index in [0.717, 1.165) is 6.92 Å². The first-order valence-electron chi connectivity index (χ1n) is 3.74. The van der Waals surface area contributed by atoms with Crippen molar-refractivity contribution in [1.29, 1.82) is 0 Å². The van der Waals surface area contributed by atoms with E-state index in [1.807, 2.05) is 0 Å². The van der Waals surface area contributed by atoms with Crippen molar-refractivity contribution in [3.63, 3.8) is 0 Å². The third kappa shape index (κ3) is 4.03. The van der Waals surface area contributed by atoms with Crippen LogP contribution in [0.3, 0.4) is 0 Å². The molecule has 0 saturated carbocycles. The fourth-order valence-electron chi connectivity index (χ4n) is 0.741. The number of aliphatic carboxylic acids is 1. The van der Waals surface area contributed by atoms with Gasteiger partial charge in [-0.05, 0) is 13.3 Å². The van der Waals surface area contributed by atoms with Gasteiger partial charge >= 0.3 is 21.2 Å². The second-order valence-corrected chi connectivity index (χ2v) is 7.11. The molecular weight excluding hydrogens is 250 g/mol. The summed E-state index contributed by atoms with van der Waals surface area (Å²) in [5, 5.41) is 6.16. The number of carboxylic acids is 1. The number of hydrogen-bond acceptors (Lipinski definition) is 3. The molecule has 0 heterocycles. The lowest BCUT2D eigenvalue weighted by molar-refractivity contribution is -0.140. The maximum atomic E-state index is 10.9. The van der Waals surface area contributed by atoms with E-state index in [2.05, 4.69) is 0 Å². The molecule has 0 bridgehead atoms. The Labute approximate surface area is 85.3 Å². The van der Waals surface area contributed by atoms with Crippen molar-refractivity contribution in [1.82, 2.24) is 0 Å². The normalized spacial score (nSPS) is 17.1. The van der Waals surface area contributed by atoms with Crippen LogP contribution in [0.2, 0.25) is 0 Å². The van der Waals surface area contributed by atoms with E-state index < -0.39 is 38.9 Å². The third-order valence-electron chi connectivity index (χ3n) is 1.99. The van der Waals surface area contributed by atoms with Gasteiger partial charge in [-0.25, -0.2) is 0 Å². The highest BCUT2D eigenvalue weighted by molar-refractivity contribution is 7.55. The lowest BCUT2D eigenvalue weighted by Gasteiger charge is -2.25. The molecule has 15 heavy (non-hydrogen) atoms. The van der Waals surface area contributed by atoms with Gasteiger partial charge in [0, 0.05) is 0 Å². The minimum Gasteiger partial charge on any atom is -0.480 e. The van der Waals surface area contributed by atoms with Crippen LogP contribution in [0, 0.1) is 0 Å². The summed E-state index contributed by atoms with van der Waals surface area (Å²) in [4.78, 5) is 45.2. The van der Waals surface area contributed by atoms with Crippen LogP contribution in [0.25, 0.3) is 0 Å². The van der Waals surface area contributed by atoms with Crippen LogP contribution in [0.15, 0.2) is 0 Å². The molecule has 1 unspecified atom stereocenters. The van der Waals surface area contributed by atoms with Gasteiger partial charge in [0.1, 0.15) is 0 Å². The number of carboxylic acid groups (broad SMARTS) is 1. The number of carbonyl (C=O) groups is 1. The maximum absolute atomic E-state index is 10.9. The van der Waals surface area contributed by atoms with Gasteiger partial charge in [-0.3, -0.25) is 13.9 Å². The summed E-state index contributed by atoms with van der Waals surface area (Å²) in [6, 6.07) is 0. The Balaban J connectivity index is 4.94. The van der Waals surface area contributed by atoms with Crippen molar-refractivity contribution in [3.8, 4) is 0 Å². The Hall–Kier alpha value is -0.230. The van der Waals surface area contributed by atoms with Crippen LogP contribution >= 0.6 is 15.2 Å². The molecule has 0 fully saturated rings. The number of rotatable bonds is 5. The van der Waals surface area contributed by atoms with Crippen molar-refractivity contribution >= 4 is 21.2 Å². The minimum atomic E-state index is -4.97. The largest absolute Gasteiger partial charge is 0.480 e. The molecule has 0 radical (unpaired) electrons. The van der Waals surface area contributed by atoms with E-state index >= 15 is 0 Å². The highest BCUT2D eigenvalue weighted by Crippen LogP contribution is 2.54. The van der Waals surface area contributed by atoms with Crippen molar-refractivity contribution in [2.45, 2.75) is 18.5 Å².